The topological polar surface area (TPSA) is 24.9 Å². The maximum absolute atomic E-state index is 4.14. The molecule has 0 aliphatic rings. The zero-order valence-electron chi connectivity index (χ0n) is 10.3. The summed E-state index contributed by atoms with van der Waals surface area (Å²) in [6.07, 6.45) is 4.29. The van der Waals surface area contributed by atoms with Crippen LogP contribution < -0.4 is 5.32 Å². The smallest absolute Gasteiger partial charge is 0.0794 e. The van der Waals surface area contributed by atoms with Gasteiger partial charge >= 0.3 is 0 Å². The summed E-state index contributed by atoms with van der Waals surface area (Å²) in [5, 5.41) is 3.34. The molecule has 0 amide bonds. The lowest BCUT2D eigenvalue weighted by molar-refractivity contribution is 0.701. The second-order valence-corrected chi connectivity index (χ2v) is 5.03. The first-order valence-corrected chi connectivity index (χ1v) is 6.87. The average Bonchev–Trinajstić information content (AvgIpc) is 2.86. The van der Waals surface area contributed by atoms with Crippen LogP contribution in [0.25, 0.3) is 0 Å². The number of hydrogen-bond donors (Lipinski definition) is 1. The molecular formula is C14H18N2S. The van der Waals surface area contributed by atoms with Crippen LogP contribution in [-0.4, -0.2) is 12.0 Å². The van der Waals surface area contributed by atoms with Crippen LogP contribution >= 0.6 is 11.3 Å². The Kier molecular flexibility index (Phi) is 4.29. The van der Waals surface area contributed by atoms with Crippen molar-refractivity contribution >= 4 is 11.3 Å². The largest absolute Gasteiger partial charge is 0.309 e. The second-order valence-electron chi connectivity index (χ2n) is 4.12. The number of aromatic nitrogens is 1. The molecule has 1 heterocycles. The highest BCUT2D eigenvalue weighted by Gasteiger charge is 2.12. The molecule has 0 aliphatic heterocycles. The van der Waals surface area contributed by atoms with Gasteiger partial charge in [0.2, 0.25) is 0 Å². The molecule has 17 heavy (non-hydrogen) atoms. The van der Waals surface area contributed by atoms with Crippen molar-refractivity contribution in [2.24, 2.45) is 0 Å². The number of hydrogen-bond acceptors (Lipinski definition) is 3. The van der Waals surface area contributed by atoms with Crippen molar-refractivity contribution in [3.8, 4) is 0 Å². The Labute approximate surface area is 107 Å². The Morgan fingerprint density at radius 3 is 2.59 bits per heavy atom. The minimum Gasteiger partial charge on any atom is -0.309 e. The molecule has 0 bridgehead atoms. The molecule has 2 rings (SSSR count). The maximum atomic E-state index is 4.14. The van der Waals surface area contributed by atoms with Crippen LogP contribution in [0.3, 0.4) is 0 Å². The van der Waals surface area contributed by atoms with E-state index in [4.69, 9.17) is 0 Å². The van der Waals surface area contributed by atoms with Gasteiger partial charge in [0.25, 0.3) is 0 Å². The summed E-state index contributed by atoms with van der Waals surface area (Å²) in [5.41, 5.74) is 4.59. The molecule has 0 radical (unpaired) electrons. The van der Waals surface area contributed by atoms with Crippen molar-refractivity contribution in [3.63, 3.8) is 0 Å². The Bertz CT molecular complexity index is 434. The van der Waals surface area contributed by atoms with E-state index >= 15 is 0 Å². The van der Waals surface area contributed by atoms with Crippen molar-refractivity contribution in [3.05, 3.63) is 52.0 Å². The third kappa shape index (κ3) is 2.93. The number of nitrogens with one attached hydrogen (secondary N) is 1. The van der Waals surface area contributed by atoms with Crippen LogP contribution in [0.15, 0.2) is 36.0 Å². The van der Waals surface area contributed by atoms with Crippen LogP contribution in [-0.2, 0) is 6.42 Å². The van der Waals surface area contributed by atoms with Gasteiger partial charge in [-0.15, -0.1) is 11.3 Å². The average molecular weight is 246 g/mol. The first-order chi connectivity index (χ1) is 8.35. The highest BCUT2D eigenvalue weighted by Crippen LogP contribution is 2.24. The lowest BCUT2D eigenvalue weighted by atomic mass is 10.0. The fraction of sp³-hybridized carbons (Fsp3) is 0.357. The predicted octanol–water partition coefficient (Wildman–Crippen LogP) is 3.40. The van der Waals surface area contributed by atoms with Gasteiger partial charge < -0.3 is 5.32 Å². The summed E-state index contributed by atoms with van der Waals surface area (Å²) in [5.74, 6) is 0. The minimum atomic E-state index is 0.262. The van der Waals surface area contributed by atoms with Crippen LogP contribution in [0.1, 0.15) is 35.4 Å². The Morgan fingerprint density at radius 2 is 2.06 bits per heavy atom. The van der Waals surface area contributed by atoms with Gasteiger partial charge in [-0.2, -0.15) is 0 Å². The predicted molar refractivity (Wildman–Crippen MR) is 73.5 cm³/mol. The maximum Gasteiger partial charge on any atom is 0.0794 e. The molecular weight excluding hydrogens is 228 g/mol. The monoisotopic (exact) mass is 246 g/mol. The fourth-order valence-electron chi connectivity index (χ4n) is 2.01. The van der Waals surface area contributed by atoms with Gasteiger partial charge in [0.05, 0.1) is 11.6 Å². The van der Waals surface area contributed by atoms with E-state index in [0.29, 0.717) is 0 Å². The van der Waals surface area contributed by atoms with Crippen LogP contribution in [0, 0.1) is 0 Å². The van der Waals surface area contributed by atoms with E-state index in [9.17, 15) is 0 Å². The summed E-state index contributed by atoms with van der Waals surface area (Å²) >= 11 is 1.69. The number of rotatable bonds is 5. The second kappa shape index (κ2) is 5.94. The molecule has 2 aromatic rings. The summed E-state index contributed by atoms with van der Waals surface area (Å²) in [6.45, 7) is 2.21. The third-order valence-electron chi connectivity index (χ3n) is 2.88. The van der Waals surface area contributed by atoms with Crippen LogP contribution in [0.4, 0.5) is 0 Å². The molecule has 90 valence electrons. The van der Waals surface area contributed by atoms with Gasteiger partial charge in [0, 0.05) is 11.1 Å². The molecule has 1 N–H and O–H groups in total. The Balaban J connectivity index is 2.20. The lowest BCUT2D eigenvalue weighted by Gasteiger charge is -2.14. The molecule has 1 atom stereocenters. The number of benzene rings is 1. The molecule has 0 saturated heterocycles. The van der Waals surface area contributed by atoms with Gasteiger partial charge in [-0.1, -0.05) is 37.6 Å². The van der Waals surface area contributed by atoms with Crippen molar-refractivity contribution in [2.75, 3.05) is 7.05 Å². The van der Waals surface area contributed by atoms with E-state index in [1.165, 1.54) is 22.4 Å². The molecule has 0 fully saturated rings. The Hall–Kier alpha value is -1.19. The summed E-state index contributed by atoms with van der Waals surface area (Å²) in [6, 6.07) is 9.14. The normalized spacial score (nSPS) is 12.6. The van der Waals surface area contributed by atoms with E-state index in [2.05, 4.69) is 41.5 Å². The van der Waals surface area contributed by atoms with Crippen LogP contribution in [0.2, 0.25) is 0 Å². The lowest BCUT2D eigenvalue weighted by Crippen LogP contribution is -2.16. The van der Waals surface area contributed by atoms with Gasteiger partial charge in [0.1, 0.15) is 0 Å². The molecule has 1 aromatic heterocycles. The van der Waals surface area contributed by atoms with E-state index in [1.54, 1.807) is 11.3 Å². The number of nitrogens with zero attached hydrogens (tertiary/aromatic N) is 1. The molecule has 1 unspecified atom stereocenters. The SMILES string of the molecule is CCCc1ccc(C(NC)c2cncs2)cc1. The van der Waals surface area contributed by atoms with Gasteiger partial charge in [-0.05, 0) is 24.6 Å². The van der Waals surface area contributed by atoms with Gasteiger partial charge in [-0.3, -0.25) is 4.98 Å². The van der Waals surface area contributed by atoms with Crippen molar-refractivity contribution in [2.45, 2.75) is 25.8 Å². The van der Waals surface area contributed by atoms with E-state index in [1.807, 2.05) is 18.8 Å². The molecule has 2 nitrogen and oxygen atoms in total. The zero-order chi connectivity index (χ0) is 12.1. The number of aryl methyl sites for hydroxylation is 1. The first-order valence-electron chi connectivity index (χ1n) is 5.99. The summed E-state index contributed by atoms with van der Waals surface area (Å²) in [4.78, 5) is 5.40. The zero-order valence-corrected chi connectivity index (χ0v) is 11.1. The fourth-order valence-corrected chi connectivity index (χ4v) is 2.76. The van der Waals surface area contributed by atoms with Gasteiger partial charge in [-0.25, -0.2) is 0 Å². The van der Waals surface area contributed by atoms with Crippen LogP contribution in [0.5, 0.6) is 0 Å². The van der Waals surface area contributed by atoms with Crippen molar-refractivity contribution in [1.29, 1.82) is 0 Å². The molecule has 1 aromatic carbocycles. The highest BCUT2D eigenvalue weighted by molar-refractivity contribution is 7.09. The van der Waals surface area contributed by atoms with Crippen molar-refractivity contribution in [1.82, 2.24) is 10.3 Å². The minimum absolute atomic E-state index is 0.262. The van der Waals surface area contributed by atoms with Gasteiger partial charge in [0.15, 0.2) is 0 Å². The molecule has 3 heteroatoms. The third-order valence-corrected chi connectivity index (χ3v) is 3.72. The Morgan fingerprint density at radius 1 is 1.29 bits per heavy atom. The standard InChI is InChI=1S/C14H18N2S/c1-3-4-11-5-7-12(8-6-11)14(15-2)13-9-16-10-17-13/h5-10,14-15H,3-4H2,1-2H3. The molecule has 0 saturated carbocycles. The molecule has 0 aliphatic carbocycles. The number of thiazole rings is 1. The highest BCUT2D eigenvalue weighted by atomic mass is 32.1. The summed E-state index contributed by atoms with van der Waals surface area (Å²) in [7, 11) is 1.99. The van der Waals surface area contributed by atoms with E-state index in [0.717, 1.165) is 6.42 Å². The quantitative estimate of drug-likeness (QED) is 0.874. The van der Waals surface area contributed by atoms with E-state index < -0.39 is 0 Å². The first kappa shape index (κ1) is 12.3. The summed E-state index contributed by atoms with van der Waals surface area (Å²) < 4.78 is 0. The van der Waals surface area contributed by atoms with E-state index in [-0.39, 0.29) is 6.04 Å². The molecule has 0 spiro atoms. The van der Waals surface area contributed by atoms with Crippen molar-refractivity contribution < 1.29 is 0 Å².